The van der Waals surface area contributed by atoms with Gasteiger partial charge in [0, 0.05) is 22.1 Å². The molecule has 0 heterocycles. The number of rotatable bonds is 7. The number of carbonyl (C=O) groups is 2. The Hall–Kier alpha value is -2.84. The van der Waals surface area contributed by atoms with Crippen LogP contribution in [0.3, 0.4) is 0 Å². The molecule has 0 aliphatic carbocycles. The Balaban J connectivity index is 1.88. The van der Waals surface area contributed by atoms with Gasteiger partial charge in [-0.3, -0.25) is 14.9 Å². The van der Waals surface area contributed by atoms with Crippen molar-refractivity contribution in [2.24, 2.45) is 0 Å². The van der Waals surface area contributed by atoms with E-state index in [1.54, 1.807) is 17.8 Å². The molecule has 0 saturated carbocycles. The van der Waals surface area contributed by atoms with Gasteiger partial charge in [0.2, 0.25) is 0 Å². The molecule has 0 radical (unpaired) electrons. The fourth-order valence-corrected chi connectivity index (χ4v) is 2.59. The maximum absolute atomic E-state index is 11.9. The van der Waals surface area contributed by atoms with Crippen LogP contribution >= 0.6 is 23.4 Å². The number of halogens is 1. The Morgan fingerprint density at radius 1 is 1.26 bits per heavy atom. The van der Waals surface area contributed by atoms with E-state index >= 15 is 0 Å². The molecule has 140 valence electrons. The number of thioether (sulfide) groups is 1. The van der Waals surface area contributed by atoms with Gasteiger partial charge in [0.25, 0.3) is 11.6 Å². The molecule has 1 N–H and O–H groups in total. The zero-order valence-corrected chi connectivity index (χ0v) is 15.8. The lowest BCUT2D eigenvalue weighted by Crippen LogP contribution is -2.20. The fraction of sp³-hybridized carbons (Fsp3) is 0.111. The average molecular weight is 407 g/mol. The number of hydrogen-bond donors (Lipinski definition) is 1. The van der Waals surface area contributed by atoms with E-state index in [9.17, 15) is 19.7 Å². The van der Waals surface area contributed by atoms with E-state index in [4.69, 9.17) is 16.3 Å². The second-order valence-corrected chi connectivity index (χ2v) is 6.50. The number of amides is 1. The third-order valence-corrected chi connectivity index (χ3v) is 4.28. The van der Waals surface area contributed by atoms with Gasteiger partial charge in [-0.1, -0.05) is 23.7 Å². The van der Waals surface area contributed by atoms with E-state index in [0.717, 1.165) is 16.5 Å². The minimum atomic E-state index is -0.704. The van der Waals surface area contributed by atoms with Gasteiger partial charge in [-0.2, -0.15) is 0 Å². The molecule has 0 bridgehead atoms. The highest BCUT2D eigenvalue weighted by molar-refractivity contribution is 7.98. The third-order valence-electron chi connectivity index (χ3n) is 3.30. The SMILES string of the molecule is CSc1ccc(/C=C/C(=O)OCC(=O)Nc2ccc(Cl)cc2[N+](=O)[O-])cc1. The van der Waals surface area contributed by atoms with Crippen molar-refractivity contribution in [3.8, 4) is 0 Å². The molecule has 0 aliphatic rings. The van der Waals surface area contributed by atoms with Gasteiger partial charge < -0.3 is 10.1 Å². The molecule has 0 aromatic heterocycles. The van der Waals surface area contributed by atoms with E-state index in [-0.39, 0.29) is 16.4 Å². The fourth-order valence-electron chi connectivity index (χ4n) is 2.01. The monoisotopic (exact) mass is 406 g/mol. The number of esters is 1. The van der Waals surface area contributed by atoms with Crippen molar-refractivity contribution < 1.29 is 19.2 Å². The van der Waals surface area contributed by atoms with Crippen LogP contribution in [0.4, 0.5) is 11.4 Å². The first-order chi connectivity index (χ1) is 12.9. The van der Waals surface area contributed by atoms with Crippen molar-refractivity contribution in [2.45, 2.75) is 4.90 Å². The van der Waals surface area contributed by atoms with Gasteiger partial charge in [0.05, 0.1) is 4.92 Å². The molecule has 2 rings (SSSR count). The Morgan fingerprint density at radius 3 is 2.59 bits per heavy atom. The number of ether oxygens (including phenoxy) is 1. The highest BCUT2D eigenvalue weighted by Crippen LogP contribution is 2.27. The maximum atomic E-state index is 11.9. The van der Waals surface area contributed by atoms with Gasteiger partial charge in [-0.25, -0.2) is 4.79 Å². The van der Waals surface area contributed by atoms with Crippen LogP contribution in [0.25, 0.3) is 6.08 Å². The third kappa shape index (κ3) is 6.43. The summed E-state index contributed by atoms with van der Waals surface area (Å²) in [5.41, 5.74) is 0.427. The molecular weight excluding hydrogens is 392 g/mol. The first kappa shape index (κ1) is 20.5. The second kappa shape index (κ2) is 9.75. The first-order valence-corrected chi connectivity index (χ1v) is 9.22. The quantitative estimate of drug-likeness (QED) is 0.243. The summed E-state index contributed by atoms with van der Waals surface area (Å²) in [6.07, 6.45) is 4.73. The van der Waals surface area contributed by atoms with Crippen LogP contribution in [-0.2, 0) is 14.3 Å². The number of nitrogens with one attached hydrogen (secondary N) is 1. The molecule has 0 spiro atoms. The minimum Gasteiger partial charge on any atom is -0.452 e. The van der Waals surface area contributed by atoms with Gasteiger partial charge in [0.1, 0.15) is 5.69 Å². The van der Waals surface area contributed by atoms with Crippen molar-refractivity contribution in [3.63, 3.8) is 0 Å². The molecule has 0 fully saturated rings. The minimum absolute atomic E-state index is 0.0325. The number of hydrogen-bond acceptors (Lipinski definition) is 6. The van der Waals surface area contributed by atoms with E-state index in [2.05, 4.69) is 5.32 Å². The van der Waals surface area contributed by atoms with E-state index in [0.29, 0.717) is 0 Å². The molecule has 2 aromatic carbocycles. The highest BCUT2D eigenvalue weighted by Gasteiger charge is 2.17. The molecular formula is C18H15ClN2O5S. The van der Waals surface area contributed by atoms with Crippen LogP contribution in [0.15, 0.2) is 53.4 Å². The van der Waals surface area contributed by atoms with E-state index in [1.165, 1.54) is 18.2 Å². The van der Waals surface area contributed by atoms with E-state index in [1.807, 2.05) is 30.5 Å². The summed E-state index contributed by atoms with van der Waals surface area (Å²) in [4.78, 5) is 35.0. The van der Waals surface area contributed by atoms with Crippen LogP contribution < -0.4 is 5.32 Å². The summed E-state index contributed by atoms with van der Waals surface area (Å²) in [6.45, 7) is -0.575. The van der Waals surface area contributed by atoms with Gasteiger partial charge in [-0.05, 0) is 42.2 Å². The van der Waals surface area contributed by atoms with Crippen molar-refractivity contribution in [1.82, 2.24) is 0 Å². The number of nitro benzene ring substituents is 1. The molecule has 1 amide bonds. The summed E-state index contributed by atoms with van der Waals surface area (Å²) >= 11 is 7.31. The predicted octanol–water partition coefficient (Wildman–Crippen LogP) is 4.17. The van der Waals surface area contributed by atoms with Crippen molar-refractivity contribution in [1.29, 1.82) is 0 Å². The van der Waals surface area contributed by atoms with Crippen LogP contribution in [0.1, 0.15) is 5.56 Å². The Labute approximate surface area is 164 Å². The topological polar surface area (TPSA) is 98.5 Å². The molecule has 27 heavy (non-hydrogen) atoms. The van der Waals surface area contributed by atoms with E-state index < -0.39 is 23.4 Å². The van der Waals surface area contributed by atoms with Crippen LogP contribution in [0, 0.1) is 10.1 Å². The predicted molar refractivity (Wildman–Crippen MR) is 105 cm³/mol. The Bertz CT molecular complexity index is 884. The lowest BCUT2D eigenvalue weighted by molar-refractivity contribution is -0.383. The molecule has 0 saturated heterocycles. The summed E-state index contributed by atoms with van der Waals surface area (Å²) in [5.74, 6) is -1.41. The smallest absolute Gasteiger partial charge is 0.331 e. The normalized spacial score (nSPS) is 10.6. The van der Waals surface area contributed by atoms with Crippen molar-refractivity contribution in [2.75, 3.05) is 18.2 Å². The van der Waals surface area contributed by atoms with Gasteiger partial charge >= 0.3 is 5.97 Å². The summed E-state index contributed by atoms with van der Waals surface area (Å²) < 4.78 is 4.83. The summed E-state index contributed by atoms with van der Waals surface area (Å²) in [6, 6.07) is 11.4. The molecule has 0 atom stereocenters. The number of benzene rings is 2. The number of carbonyl (C=O) groups excluding carboxylic acids is 2. The number of nitrogens with zero attached hydrogens (tertiary/aromatic N) is 1. The lowest BCUT2D eigenvalue weighted by Gasteiger charge is -2.06. The molecule has 2 aromatic rings. The number of nitro groups is 1. The van der Waals surface area contributed by atoms with Crippen molar-refractivity contribution >= 4 is 52.7 Å². The Morgan fingerprint density at radius 2 is 1.96 bits per heavy atom. The van der Waals surface area contributed by atoms with Crippen LogP contribution in [0.2, 0.25) is 5.02 Å². The Kier molecular flexibility index (Phi) is 7.39. The second-order valence-electron chi connectivity index (χ2n) is 5.18. The largest absolute Gasteiger partial charge is 0.452 e. The first-order valence-electron chi connectivity index (χ1n) is 7.61. The standard InChI is InChI=1S/C18H15ClN2O5S/c1-27-14-6-2-12(3-7-14)4-9-18(23)26-11-17(22)20-15-8-5-13(19)10-16(15)21(24)25/h2-10H,11H2,1H3,(H,20,22)/b9-4+. The molecule has 9 heteroatoms. The average Bonchev–Trinajstić information content (AvgIpc) is 2.66. The molecule has 7 nitrogen and oxygen atoms in total. The van der Waals surface area contributed by atoms with Gasteiger partial charge in [-0.15, -0.1) is 11.8 Å². The molecule has 0 aliphatic heterocycles. The van der Waals surface area contributed by atoms with Crippen LogP contribution in [-0.4, -0.2) is 29.7 Å². The lowest BCUT2D eigenvalue weighted by atomic mass is 10.2. The number of anilines is 1. The molecule has 0 unspecified atom stereocenters. The highest BCUT2D eigenvalue weighted by atomic mass is 35.5. The van der Waals surface area contributed by atoms with Crippen molar-refractivity contribution in [3.05, 3.63) is 69.2 Å². The zero-order valence-electron chi connectivity index (χ0n) is 14.2. The summed E-state index contributed by atoms with van der Waals surface area (Å²) in [7, 11) is 0. The maximum Gasteiger partial charge on any atom is 0.331 e. The summed E-state index contributed by atoms with van der Waals surface area (Å²) in [5, 5.41) is 13.5. The van der Waals surface area contributed by atoms with Gasteiger partial charge in [0.15, 0.2) is 6.61 Å². The zero-order chi connectivity index (χ0) is 19.8. The van der Waals surface area contributed by atoms with Crippen LogP contribution in [0.5, 0.6) is 0 Å².